The molecule has 0 radical (unpaired) electrons. The maximum atomic E-state index is 12.6. The summed E-state index contributed by atoms with van der Waals surface area (Å²) in [6, 6.07) is 6.34. The summed E-state index contributed by atoms with van der Waals surface area (Å²) in [4.78, 5) is 0.984. The molecule has 0 aliphatic carbocycles. The van der Waals surface area contributed by atoms with Gasteiger partial charge in [0.25, 0.3) is 0 Å². The molecule has 5 heteroatoms. The van der Waals surface area contributed by atoms with Crippen molar-refractivity contribution in [2.24, 2.45) is 0 Å². The summed E-state index contributed by atoms with van der Waals surface area (Å²) in [5.74, 6) is 1.63. The van der Waals surface area contributed by atoms with Gasteiger partial charge in [-0.1, -0.05) is 6.92 Å². The third-order valence-corrected chi connectivity index (χ3v) is 2.98. The van der Waals surface area contributed by atoms with E-state index in [2.05, 4.69) is 10.2 Å². The van der Waals surface area contributed by atoms with Crippen molar-refractivity contribution in [3.8, 4) is 0 Å². The van der Waals surface area contributed by atoms with Crippen LogP contribution in [-0.2, 0) is 12.2 Å². The van der Waals surface area contributed by atoms with E-state index in [1.165, 1.54) is 12.1 Å². The number of benzene rings is 1. The molecule has 1 aromatic carbocycles. The lowest BCUT2D eigenvalue weighted by molar-refractivity contribution is 0.470. The minimum atomic E-state index is -0.226. The van der Waals surface area contributed by atoms with Gasteiger partial charge in [-0.15, -0.1) is 22.0 Å². The Hall–Kier alpha value is -1.36. The van der Waals surface area contributed by atoms with Gasteiger partial charge in [-0.25, -0.2) is 4.39 Å². The van der Waals surface area contributed by atoms with Crippen LogP contribution in [0.3, 0.4) is 0 Å². The molecule has 2 rings (SSSR count). The van der Waals surface area contributed by atoms with E-state index in [0.717, 1.165) is 11.3 Å². The molecule has 0 unspecified atom stereocenters. The maximum absolute atomic E-state index is 12.6. The Morgan fingerprint density at radius 2 is 1.88 bits per heavy atom. The Bertz CT molecular complexity index is 455. The fourth-order valence-corrected chi connectivity index (χ4v) is 1.90. The predicted octanol–water partition coefficient (Wildman–Crippen LogP) is 3.06. The number of rotatable bonds is 4. The van der Waals surface area contributed by atoms with Crippen LogP contribution in [0.15, 0.2) is 33.6 Å². The summed E-state index contributed by atoms with van der Waals surface area (Å²) in [5, 5.41) is 7.78. The number of aromatic nitrogens is 2. The van der Waals surface area contributed by atoms with Crippen molar-refractivity contribution < 1.29 is 8.81 Å². The Morgan fingerprint density at radius 1 is 1.19 bits per heavy atom. The van der Waals surface area contributed by atoms with Gasteiger partial charge in [0, 0.05) is 11.3 Å². The van der Waals surface area contributed by atoms with Crippen LogP contribution in [0, 0.1) is 5.82 Å². The van der Waals surface area contributed by atoms with Crippen LogP contribution in [0.4, 0.5) is 4.39 Å². The van der Waals surface area contributed by atoms with Gasteiger partial charge in [-0.3, -0.25) is 0 Å². The van der Waals surface area contributed by atoms with E-state index in [1.807, 2.05) is 6.92 Å². The first-order chi connectivity index (χ1) is 7.78. The van der Waals surface area contributed by atoms with E-state index in [-0.39, 0.29) is 5.82 Å². The van der Waals surface area contributed by atoms with Gasteiger partial charge in [0.2, 0.25) is 11.8 Å². The van der Waals surface area contributed by atoms with Crippen molar-refractivity contribution in [3.63, 3.8) is 0 Å². The van der Waals surface area contributed by atoms with E-state index in [9.17, 15) is 4.39 Å². The van der Waals surface area contributed by atoms with Crippen molar-refractivity contribution in [1.29, 1.82) is 0 Å². The normalized spacial score (nSPS) is 10.6. The van der Waals surface area contributed by atoms with Gasteiger partial charge in [0.15, 0.2) is 0 Å². The molecule has 0 spiro atoms. The summed E-state index contributed by atoms with van der Waals surface area (Å²) in [6.07, 6.45) is 0.744. The fourth-order valence-electron chi connectivity index (χ4n) is 1.17. The van der Waals surface area contributed by atoms with Gasteiger partial charge in [-0.05, 0) is 24.3 Å². The third-order valence-electron chi connectivity index (χ3n) is 1.99. The van der Waals surface area contributed by atoms with E-state index in [0.29, 0.717) is 17.5 Å². The second-order valence-electron chi connectivity index (χ2n) is 3.19. The van der Waals surface area contributed by atoms with E-state index in [4.69, 9.17) is 4.42 Å². The van der Waals surface area contributed by atoms with Gasteiger partial charge >= 0.3 is 0 Å². The molecule has 16 heavy (non-hydrogen) atoms. The van der Waals surface area contributed by atoms with Gasteiger partial charge in [0.05, 0.1) is 5.75 Å². The average molecular weight is 238 g/mol. The molecule has 0 bridgehead atoms. The maximum Gasteiger partial charge on any atom is 0.226 e. The summed E-state index contributed by atoms with van der Waals surface area (Å²) in [5.41, 5.74) is 0. The highest BCUT2D eigenvalue weighted by molar-refractivity contribution is 7.98. The van der Waals surface area contributed by atoms with Gasteiger partial charge in [0.1, 0.15) is 5.82 Å². The largest absolute Gasteiger partial charge is 0.424 e. The molecule has 0 aliphatic heterocycles. The molecule has 3 nitrogen and oxygen atoms in total. The number of thioether (sulfide) groups is 1. The smallest absolute Gasteiger partial charge is 0.226 e. The molecule has 0 atom stereocenters. The molecule has 0 saturated carbocycles. The van der Waals surface area contributed by atoms with Crippen molar-refractivity contribution in [1.82, 2.24) is 10.2 Å². The minimum absolute atomic E-state index is 0.226. The van der Waals surface area contributed by atoms with Crippen molar-refractivity contribution in [2.45, 2.75) is 24.0 Å². The van der Waals surface area contributed by atoms with Crippen LogP contribution >= 0.6 is 11.8 Å². The predicted molar refractivity (Wildman–Crippen MR) is 59.6 cm³/mol. The third kappa shape index (κ3) is 2.82. The average Bonchev–Trinajstić information content (AvgIpc) is 2.76. The SMILES string of the molecule is CCc1nnc(CSc2ccc(F)cc2)o1. The second-order valence-corrected chi connectivity index (χ2v) is 4.23. The molecular formula is C11H11FN2OS. The summed E-state index contributed by atoms with van der Waals surface area (Å²) >= 11 is 1.54. The zero-order valence-electron chi connectivity index (χ0n) is 8.81. The van der Waals surface area contributed by atoms with E-state index >= 15 is 0 Å². The Balaban J connectivity index is 1.94. The molecule has 0 aliphatic rings. The molecule has 0 amide bonds. The van der Waals surface area contributed by atoms with E-state index in [1.54, 1.807) is 23.9 Å². The first-order valence-corrected chi connectivity index (χ1v) is 5.96. The number of halogens is 1. The lowest BCUT2D eigenvalue weighted by Gasteiger charge is -1.97. The van der Waals surface area contributed by atoms with Gasteiger partial charge < -0.3 is 4.42 Å². The molecule has 1 aromatic heterocycles. The lowest BCUT2D eigenvalue weighted by Crippen LogP contribution is -1.81. The molecule has 84 valence electrons. The standard InChI is InChI=1S/C11H11FN2OS/c1-2-10-13-14-11(15-10)7-16-9-5-3-8(12)4-6-9/h3-6H,2,7H2,1H3. The van der Waals surface area contributed by atoms with Crippen molar-refractivity contribution in [3.05, 3.63) is 41.9 Å². The quantitative estimate of drug-likeness (QED) is 0.767. The van der Waals surface area contributed by atoms with Crippen LogP contribution < -0.4 is 0 Å². The van der Waals surface area contributed by atoms with Crippen LogP contribution in [0.2, 0.25) is 0 Å². The topological polar surface area (TPSA) is 38.9 Å². The molecule has 2 aromatic rings. The van der Waals surface area contributed by atoms with Crippen LogP contribution in [0.5, 0.6) is 0 Å². The highest BCUT2D eigenvalue weighted by atomic mass is 32.2. The Labute approximate surface area is 97.1 Å². The molecule has 0 N–H and O–H groups in total. The first kappa shape index (κ1) is 11.1. The van der Waals surface area contributed by atoms with Crippen molar-refractivity contribution >= 4 is 11.8 Å². The van der Waals surface area contributed by atoms with Crippen LogP contribution in [0.1, 0.15) is 18.7 Å². The fraction of sp³-hybridized carbons (Fsp3) is 0.273. The first-order valence-electron chi connectivity index (χ1n) is 4.97. The number of nitrogens with zero attached hydrogens (tertiary/aromatic N) is 2. The van der Waals surface area contributed by atoms with Crippen LogP contribution in [0.25, 0.3) is 0 Å². The summed E-state index contributed by atoms with van der Waals surface area (Å²) in [6.45, 7) is 1.96. The van der Waals surface area contributed by atoms with Crippen LogP contribution in [-0.4, -0.2) is 10.2 Å². The van der Waals surface area contributed by atoms with Crippen molar-refractivity contribution in [2.75, 3.05) is 0 Å². The van der Waals surface area contributed by atoms with E-state index < -0.39 is 0 Å². The molecule has 1 heterocycles. The summed E-state index contributed by atoms with van der Waals surface area (Å²) in [7, 11) is 0. The molecular weight excluding hydrogens is 227 g/mol. The zero-order chi connectivity index (χ0) is 11.4. The number of hydrogen-bond acceptors (Lipinski definition) is 4. The minimum Gasteiger partial charge on any atom is -0.424 e. The molecule has 0 saturated heterocycles. The molecule has 0 fully saturated rings. The zero-order valence-corrected chi connectivity index (χ0v) is 9.63. The van der Waals surface area contributed by atoms with Gasteiger partial charge in [-0.2, -0.15) is 0 Å². The number of aryl methyl sites for hydroxylation is 1. The number of hydrogen-bond donors (Lipinski definition) is 0. The Morgan fingerprint density at radius 3 is 2.50 bits per heavy atom. The monoisotopic (exact) mass is 238 g/mol. The lowest BCUT2D eigenvalue weighted by atomic mass is 10.4. The highest BCUT2D eigenvalue weighted by Gasteiger charge is 2.04. The second kappa shape index (κ2) is 5.12. The highest BCUT2D eigenvalue weighted by Crippen LogP contribution is 2.22. The summed E-state index contributed by atoms with van der Waals surface area (Å²) < 4.78 is 18.0. The Kier molecular flexibility index (Phi) is 3.56.